The van der Waals surface area contributed by atoms with Crippen LogP contribution in [0.1, 0.15) is 10.4 Å². The Kier molecular flexibility index (Phi) is 1.84. The van der Waals surface area contributed by atoms with Crippen LogP contribution < -0.4 is 5.32 Å². The normalized spacial score (nSPS) is 14.2. The van der Waals surface area contributed by atoms with Crippen molar-refractivity contribution in [3.63, 3.8) is 0 Å². The summed E-state index contributed by atoms with van der Waals surface area (Å²) in [5, 5.41) is 2.50. The van der Waals surface area contributed by atoms with Crippen LogP contribution in [0.3, 0.4) is 0 Å². The largest absolute Gasteiger partial charge is 0.318 e. The molecule has 13 heavy (non-hydrogen) atoms. The fourth-order valence-corrected chi connectivity index (χ4v) is 1.69. The number of fused-ring (bicyclic) bond motifs is 1. The van der Waals surface area contributed by atoms with E-state index in [2.05, 4.69) is 5.32 Å². The first-order chi connectivity index (χ1) is 6.22. The average Bonchev–Trinajstić information content (AvgIpc) is 2.43. The molecule has 0 atom stereocenters. The number of hydrogen-bond donors (Lipinski definition) is 1. The van der Waals surface area contributed by atoms with Gasteiger partial charge < -0.3 is 5.32 Å². The van der Waals surface area contributed by atoms with E-state index in [-0.39, 0.29) is 0 Å². The van der Waals surface area contributed by atoms with E-state index in [9.17, 15) is 9.59 Å². The summed E-state index contributed by atoms with van der Waals surface area (Å²) in [7, 11) is 0. The molecule has 1 aliphatic rings. The number of rotatable bonds is 1. The third-order valence-corrected chi connectivity index (χ3v) is 2.65. The van der Waals surface area contributed by atoms with Crippen LogP contribution in [0.25, 0.3) is 0 Å². The number of nitrogens with one attached hydrogen (secondary N) is 1. The van der Waals surface area contributed by atoms with Crippen molar-refractivity contribution in [2.75, 3.05) is 11.6 Å². The van der Waals surface area contributed by atoms with Gasteiger partial charge in [0, 0.05) is 4.90 Å². The van der Waals surface area contributed by atoms with Crippen LogP contribution in [0.4, 0.5) is 5.69 Å². The molecule has 0 aromatic heterocycles. The van der Waals surface area contributed by atoms with Crippen LogP contribution in [0, 0.1) is 0 Å². The lowest BCUT2D eigenvalue weighted by molar-refractivity contribution is -0.112. The van der Waals surface area contributed by atoms with Crippen LogP contribution >= 0.6 is 11.8 Å². The Balaban J connectivity index is 2.54. The van der Waals surface area contributed by atoms with Crippen molar-refractivity contribution in [3.05, 3.63) is 23.8 Å². The Hall–Kier alpha value is -1.29. The van der Waals surface area contributed by atoms with E-state index in [4.69, 9.17) is 0 Å². The maximum absolute atomic E-state index is 11.2. The van der Waals surface area contributed by atoms with E-state index < -0.39 is 11.7 Å². The third kappa shape index (κ3) is 1.23. The van der Waals surface area contributed by atoms with Crippen LogP contribution in [0.2, 0.25) is 0 Å². The van der Waals surface area contributed by atoms with Gasteiger partial charge in [0.15, 0.2) is 0 Å². The van der Waals surface area contributed by atoms with Crippen molar-refractivity contribution in [2.45, 2.75) is 4.90 Å². The minimum Gasteiger partial charge on any atom is -0.318 e. The van der Waals surface area contributed by atoms with Gasteiger partial charge in [-0.2, -0.15) is 0 Å². The fourth-order valence-electron chi connectivity index (χ4n) is 1.25. The van der Waals surface area contributed by atoms with E-state index in [1.54, 1.807) is 23.9 Å². The second kappa shape index (κ2) is 2.88. The molecule has 2 rings (SSSR count). The molecule has 1 heterocycles. The third-order valence-electron chi connectivity index (χ3n) is 1.93. The second-order valence-electron chi connectivity index (χ2n) is 2.69. The highest BCUT2D eigenvalue weighted by atomic mass is 32.2. The zero-order chi connectivity index (χ0) is 9.42. The number of benzene rings is 1. The summed E-state index contributed by atoms with van der Waals surface area (Å²) in [6.45, 7) is 0. The summed E-state index contributed by atoms with van der Waals surface area (Å²) in [5.41, 5.74) is 1.10. The lowest BCUT2D eigenvalue weighted by Gasteiger charge is -1.98. The minimum atomic E-state index is -0.534. The Morgan fingerprint density at radius 2 is 2.08 bits per heavy atom. The number of anilines is 1. The van der Waals surface area contributed by atoms with Gasteiger partial charge in [-0.05, 0) is 24.5 Å². The number of carbonyl (C=O) groups excluding carboxylic acids is 2. The van der Waals surface area contributed by atoms with E-state index >= 15 is 0 Å². The first kappa shape index (κ1) is 8.31. The summed E-state index contributed by atoms with van der Waals surface area (Å²) in [5.74, 6) is -0.973. The molecule has 0 saturated carbocycles. The molecule has 1 amide bonds. The van der Waals surface area contributed by atoms with E-state index in [0.29, 0.717) is 11.3 Å². The zero-order valence-electron chi connectivity index (χ0n) is 6.96. The monoisotopic (exact) mass is 193 g/mol. The number of amides is 1. The Morgan fingerprint density at radius 3 is 2.77 bits per heavy atom. The standard InChI is InChI=1S/C9H7NO2S/c1-13-5-2-3-7-6(4-5)8(11)9(12)10-7/h2-4H,1H3,(H,10,11,12). The van der Waals surface area contributed by atoms with Gasteiger partial charge in [-0.25, -0.2) is 0 Å². The molecule has 0 unspecified atom stereocenters. The Bertz CT molecular complexity index is 401. The van der Waals surface area contributed by atoms with Crippen LogP contribution in [-0.4, -0.2) is 17.9 Å². The molecular weight excluding hydrogens is 186 g/mol. The minimum absolute atomic E-state index is 0.439. The molecule has 3 nitrogen and oxygen atoms in total. The second-order valence-corrected chi connectivity index (χ2v) is 3.57. The lowest BCUT2D eigenvalue weighted by Crippen LogP contribution is -2.12. The van der Waals surface area contributed by atoms with Crippen LogP contribution in [0.15, 0.2) is 23.1 Å². The summed E-state index contributed by atoms with van der Waals surface area (Å²) in [4.78, 5) is 23.2. The number of thioether (sulfide) groups is 1. The number of ketones is 1. The number of carbonyl (C=O) groups is 2. The van der Waals surface area contributed by atoms with E-state index in [1.807, 2.05) is 12.3 Å². The molecule has 4 heteroatoms. The smallest absolute Gasteiger partial charge is 0.296 e. The van der Waals surface area contributed by atoms with Gasteiger partial charge in [0.2, 0.25) is 0 Å². The van der Waals surface area contributed by atoms with Gasteiger partial charge in [0.1, 0.15) is 0 Å². The number of Topliss-reactive ketones (excluding diaryl/α,β-unsaturated/α-hetero) is 1. The highest BCUT2D eigenvalue weighted by Gasteiger charge is 2.27. The van der Waals surface area contributed by atoms with Gasteiger partial charge in [-0.15, -0.1) is 11.8 Å². The van der Waals surface area contributed by atoms with Crippen molar-refractivity contribution in [2.24, 2.45) is 0 Å². The fraction of sp³-hybridized carbons (Fsp3) is 0.111. The van der Waals surface area contributed by atoms with Crippen molar-refractivity contribution < 1.29 is 9.59 Å². The van der Waals surface area contributed by atoms with Gasteiger partial charge in [0.25, 0.3) is 11.7 Å². The molecule has 1 aromatic carbocycles. The van der Waals surface area contributed by atoms with E-state index in [0.717, 1.165) is 4.90 Å². The highest BCUT2D eigenvalue weighted by Crippen LogP contribution is 2.27. The van der Waals surface area contributed by atoms with Crippen LogP contribution in [-0.2, 0) is 4.79 Å². The SMILES string of the molecule is CSc1ccc2c(c1)C(=O)C(=O)N2. The van der Waals surface area contributed by atoms with Crippen LogP contribution in [0.5, 0.6) is 0 Å². The molecule has 1 aliphatic heterocycles. The molecule has 0 radical (unpaired) electrons. The van der Waals surface area contributed by atoms with Crippen molar-refractivity contribution in [3.8, 4) is 0 Å². The molecular formula is C9H7NO2S. The molecule has 0 spiro atoms. The summed E-state index contributed by atoms with van der Waals surface area (Å²) >= 11 is 1.55. The highest BCUT2D eigenvalue weighted by molar-refractivity contribution is 7.98. The van der Waals surface area contributed by atoms with Crippen molar-refractivity contribution in [1.82, 2.24) is 0 Å². The van der Waals surface area contributed by atoms with Crippen molar-refractivity contribution in [1.29, 1.82) is 0 Å². The quantitative estimate of drug-likeness (QED) is 0.543. The first-order valence-electron chi connectivity index (χ1n) is 3.76. The van der Waals surface area contributed by atoms with Gasteiger partial charge in [-0.1, -0.05) is 0 Å². The average molecular weight is 193 g/mol. The predicted molar refractivity (Wildman–Crippen MR) is 51.2 cm³/mol. The molecule has 1 N–H and O–H groups in total. The topological polar surface area (TPSA) is 46.2 Å². The first-order valence-corrected chi connectivity index (χ1v) is 4.98. The van der Waals surface area contributed by atoms with Gasteiger partial charge >= 0.3 is 0 Å². The van der Waals surface area contributed by atoms with Gasteiger partial charge in [-0.3, -0.25) is 9.59 Å². The summed E-state index contributed by atoms with van der Waals surface area (Å²) in [6.07, 6.45) is 1.93. The maximum atomic E-state index is 11.2. The molecule has 0 aliphatic carbocycles. The molecule has 0 fully saturated rings. The molecule has 0 bridgehead atoms. The Morgan fingerprint density at radius 1 is 1.31 bits per heavy atom. The zero-order valence-corrected chi connectivity index (χ0v) is 7.77. The Labute approximate surface area is 79.5 Å². The van der Waals surface area contributed by atoms with E-state index in [1.165, 1.54) is 0 Å². The molecule has 0 saturated heterocycles. The van der Waals surface area contributed by atoms with Gasteiger partial charge in [0.05, 0.1) is 11.3 Å². The molecule has 1 aromatic rings. The predicted octanol–water partition coefficient (Wildman–Crippen LogP) is 1.54. The lowest BCUT2D eigenvalue weighted by atomic mass is 10.1. The maximum Gasteiger partial charge on any atom is 0.296 e. The summed E-state index contributed by atoms with van der Waals surface area (Å²) in [6, 6.07) is 5.37. The van der Waals surface area contributed by atoms with Crippen molar-refractivity contribution >= 4 is 29.1 Å². The number of hydrogen-bond acceptors (Lipinski definition) is 3. The molecule has 66 valence electrons. The summed E-state index contributed by atoms with van der Waals surface area (Å²) < 4.78 is 0.